The van der Waals surface area contributed by atoms with Crippen molar-refractivity contribution in [2.45, 2.75) is 0 Å². The summed E-state index contributed by atoms with van der Waals surface area (Å²) in [6, 6.07) is 1.48. The van der Waals surface area contributed by atoms with Gasteiger partial charge in [0.05, 0.1) is 16.4 Å². The van der Waals surface area contributed by atoms with Gasteiger partial charge < -0.3 is 0 Å². The summed E-state index contributed by atoms with van der Waals surface area (Å²) in [6.45, 7) is 0. The fourth-order valence-corrected chi connectivity index (χ4v) is 1.16. The molecule has 0 unspecified atom stereocenters. The van der Waals surface area contributed by atoms with Crippen LogP contribution in [0.4, 0.5) is 14.5 Å². The third kappa shape index (κ3) is 2.10. The predicted molar refractivity (Wildman–Crippen MR) is 48.1 cm³/mol. The fraction of sp³-hybridized carbons (Fsp3) is 0.125. The van der Waals surface area contributed by atoms with Crippen molar-refractivity contribution < 1.29 is 18.5 Å². The van der Waals surface area contributed by atoms with Gasteiger partial charge in [0.15, 0.2) is 11.6 Å². The molecule has 0 atom stereocenters. The van der Waals surface area contributed by atoms with E-state index in [1.807, 2.05) is 0 Å². The van der Waals surface area contributed by atoms with Crippen molar-refractivity contribution in [3.63, 3.8) is 0 Å². The average Bonchev–Trinajstić information content (AvgIpc) is 2.20. The van der Waals surface area contributed by atoms with Crippen LogP contribution in [0.5, 0.6) is 0 Å². The summed E-state index contributed by atoms with van der Waals surface area (Å²) in [5.41, 5.74) is -1.71. The van der Waals surface area contributed by atoms with Crippen molar-refractivity contribution in [3.05, 3.63) is 39.4 Å². The maximum Gasteiger partial charge on any atom is 0.318 e. The maximum absolute atomic E-state index is 13.0. The molecule has 1 rings (SSSR count). The minimum Gasteiger partial charge on any atom is -0.293 e. The number of hydrogen-bond acceptors (Lipinski definition) is 3. The standard InChI is InChI=1S/C8H4ClF2NO3/c9-3-6(13)4-1-2-5(10)7(11)8(4)12(14)15/h1-2H,3H2. The molecule has 1 aromatic rings. The first-order valence-corrected chi connectivity index (χ1v) is 4.24. The first-order valence-electron chi connectivity index (χ1n) is 3.70. The molecular weight excluding hydrogens is 232 g/mol. The molecule has 0 aromatic heterocycles. The molecule has 80 valence electrons. The second-order valence-electron chi connectivity index (χ2n) is 2.57. The van der Waals surface area contributed by atoms with E-state index in [-0.39, 0.29) is 0 Å². The van der Waals surface area contributed by atoms with Crippen LogP contribution >= 0.6 is 11.6 Å². The number of nitro benzene ring substituents is 1. The first kappa shape index (κ1) is 11.5. The van der Waals surface area contributed by atoms with Crippen LogP contribution in [-0.4, -0.2) is 16.6 Å². The largest absolute Gasteiger partial charge is 0.318 e. The van der Waals surface area contributed by atoms with E-state index < -0.39 is 39.5 Å². The summed E-state index contributed by atoms with van der Waals surface area (Å²) in [7, 11) is 0. The highest BCUT2D eigenvalue weighted by Gasteiger charge is 2.27. The molecular formula is C8H4ClF2NO3. The Morgan fingerprint density at radius 2 is 2.07 bits per heavy atom. The van der Waals surface area contributed by atoms with Crippen molar-refractivity contribution in [2.75, 3.05) is 5.88 Å². The number of benzene rings is 1. The van der Waals surface area contributed by atoms with Crippen molar-refractivity contribution >= 4 is 23.1 Å². The Morgan fingerprint density at radius 1 is 1.47 bits per heavy atom. The number of rotatable bonds is 3. The molecule has 1 aromatic carbocycles. The molecule has 7 heteroatoms. The minimum atomic E-state index is -1.66. The third-order valence-corrected chi connectivity index (χ3v) is 1.92. The number of nitrogens with zero attached hydrogens (tertiary/aromatic N) is 1. The average molecular weight is 236 g/mol. The van der Waals surface area contributed by atoms with Crippen molar-refractivity contribution in [1.82, 2.24) is 0 Å². The van der Waals surface area contributed by atoms with E-state index in [9.17, 15) is 23.7 Å². The Morgan fingerprint density at radius 3 is 2.53 bits per heavy atom. The van der Waals surface area contributed by atoms with Gasteiger partial charge in [0.2, 0.25) is 5.82 Å². The molecule has 4 nitrogen and oxygen atoms in total. The lowest BCUT2D eigenvalue weighted by Crippen LogP contribution is -2.08. The zero-order valence-corrected chi connectivity index (χ0v) is 7.92. The number of hydrogen-bond donors (Lipinski definition) is 0. The molecule has 0 amide bonds. The molecule has 0 aliphatic heterocycles. The van der Waals surface area contributed by atoms with Crippen LogP contribution in [0.1, 0.15) is 10.4 Å². The van der Waals surface area contributed by atoms with Gasteiger partial charge in [0.25, 0.3) is 0 Å². The number of Topliss-reactive ketones (excluding diaryl/α,β-unsaturated/α-hetero) is 1. The summed E-state index contributed by atoms with van der Waals surface area (Å²) >= 11 is 5.17. The Balaban J connectivity index is 3.46. The second-order valence-corrected chi connectivity index (χ2v) is 2.84. The highest BCUT2D eigenvalue weighted by Crippen LogP contribution is 2.25. The van der Waals surface area contributed by atoms with Crippen molar-refractivity contribution in [3.8, 4) is 0 Å². The second kappa shape index (κ2) is 4.31. The predicted octanol–water partition coefficient (Wildman–Crippen LogP) is 2.29. The quantitative estimate of drug-likeness (QED) is 0.350. The van der Waals surface area contributed by atoms with Crippen LogP contribution in [0, 0.1) is 21.7 Å². The van der Waals surface area contributed by atoms with Gasteiger partial charge in [-0.05, 0) is 12.1 Å². The maximum atomic E-state index is 13.0. The molecule has 0 aliphatic carbocycles. The SMILES string of the molecule is O=C(CCl)c1ccc(F)c(F)c1[N+](=O)[O-]. The summed E-state index contributed by atoms with van der Waals surface area (Å²) in [5, 5.41) is 10.4. The Kier molecular flexibility index (Phi) is 3.31. The third-order valence-electron chi connectivity index (χ3n) is 1.67. The molecule has 0 bridgehead atoms. The van der Waals surface area contributed by atoms with Crippen LogP contribution in [0.2, 0.25) is 0 Å². The topological polar surface area (TPSA) is 60.2 Å². The van der Waals surface area contributed by atoms with E-state index in [1.165, 1.54) is 0 Å². The number of alkyl halides is 1. The monoisotopic (exact) mass is 235 g/mol. The van der Waals surface area contributed by atoms with E-state index in [4.69, 9.17) is 11.6 Å². The van der Waals surface area contributed by atoms with Crippen LogP contribution in [-0.2, 0) is 0 Å². The van der Waals surface area contributed by atoms with Gasteiger partial charge in [-0.25, -0.2) is 4.39 Å². The zero-order chi connectivity index (χ0) is 11.6. The van der Waals surface area contributed by atoms with Gasteiger partial charge in [-0.3, -0.25) is 14.9 Å². The van der Waals surface area contributed by atoms with E-state index >= 15 is 0 Å². The molecule has 0 aliphatic rings. The van der Waals surface area contributed by atoms with Crippen LogP contribution in [0.15, 0.2) is 12.1 Å². The smallest absolute Gasteiger partial charge is 0.293 e. The molecule has 0 saturated heterocycles. The van der Waals surface area contributed by atoms with E-state index in [2.05, 4.69) is 0 Å². The molecule has 15 heavy (non-hydrogen) atoms. The fourth-order valence-electron chi connectivity index (χ4n) is 1.02. The molecule has 0 heterocycles. The van der Waals surface area contributed by atoms with Crippen molar-refractivity contribution in [1.29, 1.82) is 0 Å². The minimum absolute atomic E-state index is 0.533. The summed E-state index contributed by atoms with van der Waals surface area (Å²) in [6.07, 6.45) is 0. The first-order chi connectivity index (χ1) is 6.99. The number of ketones is 1. The number of halogens is 3. The van der Waals surface area contributed by atoms with Gasteiger partial charge >= 0.3 is 5.69 Å². The summed E-state index contributed by atoms with van der Waals surface area (Å²) in [4.78, 5) is 20.3. The lowest BCUT2D eigenvalue weighted by atomic mass is 10.1. The molecule has 0 saturated carbocycles. The van der Waals surface area contributed by atoms with Gasteiger partial charge in [-0.2, -0.15) is 4.39 Å². The number of carbonyl (C=O) groups is 1. The highest BCUT2D eigenvalue weighted by atomic mass is 35.5. The van der Waals surface area contributed by atoms with E-state index in [0.717, 1.165) is 6.07 Å². The summed E-state index contributed by atoms with van der Waals surface area (Å²) < 4.78 is 25.7. The van der Waals surface area contributed by atoms with E-state index in [1.54, 1.807) is 0 Å². The van der Waals surface area contributed by atoms with Crippen molar-refractivity contribution in [2.24, 2.45) is 0 Å². The van der Waals surface area contributed by atoms with Crippen LogP contribution in [0.25, 0.3) is 0 Å². The van der Waals surface area contributed by atoms with Gasteiger partial charge in [-0.1, -0.05) is 0 Å². The lowest BCUT2D eigenvalue weighted by molar-refractivity contribution is -0.388. The molecule has 0 radical (unpaired) electrons. The number of nitro groups is 1. The van der Waals surface area contributed by atoms with E-state index in [0.29, 0.717) is 6.07 Å². The Labute approximate surface area is 87.6 Å². The Hall–Kier alpha value is -1.56. The van der Waals surface area contributed by atoms with Gasteiger partial charge in [0, 0.05) is 0 Å². The lowest BCUT2D eigenvalue weighted by Gasteiger charge is -2.01. The Bertz CT molecular complexity index is 436. The molecule has 0 spiro atoms. The van der Waals surface area contributed by atoms with Gasteiger partial charge in [0.1, 0.15) is 0 Å². The zero-order valence-electron chi connectivity index (χ0n) is 7.17. The molecule has 0 fully saturated rings. The summed E-state index contributed by atoms with van der Waals surface area (Å²) in [5.74, 6) is -4.41. The normalized spacial score (nSPS) is 10.1. The highest BCUT2D eigenvalue weighted by molar-refractivity contribution is 6.31. The molecule has 0 N–H and O–H groups in total. The van der Waals surface area contributed by atoms with Gasteiger partial charge in [-0.15, -0.1) is 11.6 Å². The number of carbonyl (C=O) groups excluding carboxylic acids is 1. The van der Waals surface area contributed by atoms with Crippen LogP contribution < -0.4 is 0 Å². The van der Waals surface area contributed by atoms with Crippen LogP contribution in [0.3, 0.4) is 0 Å².